The minimum atomic E-state index is -1.05. The second-order valence-corrected chi connectivity index (χ2v) is 6.97. The lowest BCUT2D eigenvalue weighted by atomic mass is 9.90. The van der Waals surface area contributed by atoms with Gasteiger partial charge in [-0.3, -0.25) is 0 Å². The van der Waals surface area contributed by atoms with E-state index in [1.165, 1.54) is 0 Å². The molecule has 2 aliphatic rings. The number of urea groups is 1. The third-order valence-corrected chi connectivity index (χ3v) is 5.17. The molecule has 2 rings (SSSR count). The van der Waals surface area contributed by atoms with Crippen LogP contribution < -0.4 is 5.32 Å². The average Bonchev–Trinajstić information content (AvgIpc) is 2.81. The van der Waals surface area contributed by atoms with E-state index in [1.54, 1.807) is 4.90 Å². The summed E-state index contributed by atoms with van der Waals surface area (Å²) in [5.74, 6) is 0.220. The van der Waals surface area contributed by atoms with Crippen molar-refractivity contribution in [3.8, 4) is 0 Å². The molecule has 1 saturated carbocycles. The van der Waals surface area contributed by atoms with Gasteiger partial charge >= 0.3 is 12.0 Å². The van der Waals surface area contributed by atoms with Crippen LogP contribution in [0.4, 0.5) is 4.79 Å². The SMILES string of the molecule is CC(C)C1CCN(C(=O)NC2(C(=O)O)CCCCCC2)C1. The number of carboxylic acids is 1. The van der Waals surface area contributed by atoms with E-state index in [9.17, 15) is 14.7 Å². The standard InChI is InChI=1S/C16H28N2O3/c1-12(2)13-7-10-18(11-13)15(21)17-16(14(19)20)8-5-3-4-6-9-16/h12-13H,3-11H2,1-2H3,(H,17,21)(H,19,20). The molecule has 21 heavy (non-hydrogen) atoms. The molecule has 0 bridgehead atoms. The maximum absolute atomic E-state index is 12.5. The molecule has 0 aromatic heterocycles. The number of hydrogen-bond acceptors (Lipinski definition) is 2. The van der Waals surface area contributed by atoms with E-state index in [2.05, 4.69) is 19.2 Å². The zero-order chi connectivity index (χ0) is 15.5. The minimum absolute atomic E-state index is 0.192. The predicted molar refractivity (Wildman–Crippen MR) is 81.1 cm³/mol. The van der Waals surface area contributed by atoms with Gasteiger partial charge in [-0.05, 0) is 31.1 Å². The second kappa shape index (κ2) is 6.67. The highest BCUT2D eigenvalue weighted by atomic mass is 16.4. The van der Waals surface area contributed by atoms with Crippen molar-refractivity contribution in [2.45, 2.75) is 64.3 Å². The second-order valence-electron chi connectivity index (χ2n) is 6.97. The van der Waals surface area contributed by atoms with Crippen molar-refractivity contribution in [2.75, 3.05) is 13.1 Å². The quantitative estimate of drug-likeness (QED) is 0.787. The van der Waals surface area contributed by atoms with Crippen LogP contribution in [0, 0.1) is 11.8 Å². The van der Waals surface area contributed by atoms with E-state index in [0.29, 0.717) is 24.7 Å². The Balaban J connectivity index is 2.00. The fourth-order valence-electron chi connectivity index (χ4n) is 3.52. The number of nitrogens with zero attached hydrogens (tertiary/aromatic N) is 1. The Kier molecular flexibility index (Phi) is 5.12. The zero-order valence-corrected chi connectivity index (χ0v) is 13.2. The highest BCUT2D eigenvalue weighted by Crippen LogP contribution is 2.29. The molecule has 0 spiro atoms. The van der Waals surface area contributed by atoms with Crippen LogP contribution in [0.1, 0.15) is 58.8 Å². The van der Waals surface area contributed by atoms with Crippen LogP contribution in [-0.4, -0.2) is 40.6 Å². The molecule has 0 radical (unpaired) electrons. The molecular weight excluding hydrogens is 268 g/mol. The molecule has 2 fully saturated rings. The van der Waals surface area contributed by atoms with Gasteiger partial charge in [0, 0.05) is 13.1 Å². The molecule has 5 nitrogen and oxygen atoms in total. The lowest BCUT2D eigenvalue weighted by molar-refractivity contribution is -0.145. The number of hydrogen-bond donors (Lipinski definition) is 2. The van der Waals surface area contributed by atoms with Crippen LogP contribution in [0.3, 0.4) is 0 Å². The van der Waals surface area contributed by atoms with Gasteiger partial charge in [0.15, 0.2) is 0 Å². The summed E-state index contributed by atoms with van der Waals surface area (Å²) in [6.07, 6.45) is 5.99. The van der Waals surface area contributed by atoms with Crippen molar-refractivity contribution in [1.29, 1.82) is 0 Å². The van der Waals surface area contributed by atoms with Gasteiger partial charge in [0.1, 0.15) is 5.54 Å². The largest absolute Gasteiger partial charge is 0.480 e. The molecule has 5 heteroatoms. The number of carbonyl (C=O) groups is 2. The lowest BCUT2D eigenvalue weighted by Crippen LogP contribution is -2.57. The van der Waals surface area contributed by atoms with Gasteiger partial charge in [-0.2, -0.15) is 0 Å². The summed E-state index contributed by atoms with van der Waals surface area (Å²) in [5, 5.41) is 12.5. The summed E-state index contributed by atoms with van der Waals surface area (Å²) in [7, 11) is 0. The molecule has 1 aliphatic carbocycles. The van der Waals surface area contributed by atoms with Crippen LogP contribution in [0.5, 0.6) is 0 Å². The first-order chi connectivity index (χ1) is 9.94. The van der Waals surface area contributed by atoms with Gasteiger partial charge in [-0.1, -0.05) is 39.5 Å². The number of rotatable bonds is 3. The molecular formula is C16H28N2O3. The average molecular weight is 296 g/mol. The highest BCUT2D eigenvalue weighted by Gasteiger charge is 2.41. The van der Waals surface area contributed by atoms with Crippen molar-refractivity contribution in [1.82, 2.24) is 10.2 Å². The normalized spacial score (nSPS) is 25.7. The Morgan fingerprint density at radius 1 is 1.19 bits per heavy atom. The van der Waals surface area contributed by atoms with Gasteiger partial charge in [0.05, 0.1) is 0 Å². The lowest BCUT2D eigenvalue weighted by Gasteiger charge is -2.31. The topological polar surface area (TPSA) is 69.6 Å². The molecule has 2 N–H and O–H groups in total. The first-order valence-corrected chi connectivity index (χ1v) is 8.25. The summed E-state index contributed by atoms with van der Waals surface area (Å²) in [5.41, 5.74) is -1.05. The van der Waals surface area contributed by atoms with Crippen molar-refractivity contribution < 1.29 is 14.7 Å². The molecule has 1 unspecified atom stereocenters. The van der Waals surface area contributed by atoms with Crippen molar-refractivity contribution in [3.05, 3.63) is 0 Å². The van der Waals surface area contributed by atoms with Crippen LogP contribution in [-0.2, 0) is 4.79 Å². The third kappa shape index (κ3) is 3.69. The molecule has 120 valence electrons. The smallest absolute Gasteiger partial charge is 0.329 e. The molecule has 1 saturated heterocycles. The van der Waals surface area contributed by atoms with Gasteiger partial charge in [0.25, 0.3) is 0 Å². The number of amides is 2. The van der Waals surface area contributed by atoms with Gasteiger partial charge in [-0.15, -0.1) is 0 Å². The first-order valence-electron chi connectivity index (χ1n) is 8.25. The van der Waals surface area contributed by atoms with E-state index in [1.807, 2.05) is 0 Å². The van der Waals surface area contributed by atoms with Crippen LogP contribution in [0.15, 0.2) is 0 Å². The number of nitrogens with one attached hydrogen (secondary N) is 1. The summed E-state index contributed by atoms with van der Waals surface area (Å²) in [6, 6.07) is -0.192. The summed E-state index contributed by atoms with van der Waals surface area (Å²) >= 11 is 0. The zero-order valence-electron chi connectivity index (χ0n) is 13.2. The number of carboxylic acid groups (broad SMARTS) is 1. The van der Waals surface area contributed by atoms with Gasteiger partial charge < -0.3 is 15.3 Å². The van der Waals surface area contributed by atoms with E-state index in [-0.39, 0.29) is 6.03 Å². The maximum atomic E-state index is 12.5. The van der Waals surface area contributed by atoms with Gasteiger partial charge in [0.2, 0.25) is 0 Å². The van der Waals surface area contributed by atoms with Gasteiger partial charge in [-0.25, -0.2) is 9.59 Å². The molecule has 1 atom stereocenters. The van der Waals surface area contributed by atoms with Crippen molar-refractivity contribution in [3.63, 3.8) is 0 Å². The van der Waals surface area contributed by atoms with Crippen molar-refractivity contribution >= 4 is 12.0 Å². The predicted octanol–water partition coefficient (Wildman–Crippen LogP) is 2.85. The molecule has 0 aromatic carbocycles. The van der Waals surface area contributed by atoms with E-state index in [0.717, 1.165) is 45.2 Å². The first kappa shape index (κ1) is 16.1. The Morgan fingerprint density at radius 3 is 2.29 bits per heavy atom. The fraction of sp³-hybridized carbons (Fsp3) is 0.875. The Labute approximate surface area is 127 Å². The van der Waals surface area contributed by atoms with Crippen LogP contribution >= 0.6 is 0 Å². The van der Waals surface area contributed by atoms with E-state index in [4.69, 9.17) is 0 Å². The minimum Gasteiger partial charge on any atom is -0.480 e. The fourth-order valence-corrected chi connectivity index (χ4v) is 3.52. The Morgan fingerprint density at radius 2 is 1.81 bits per heavy atom. The third-order valence-electron chi connectivity index (χ3n) is 5.17. The number of likely N-dealkylation sites (tertiary alicyclic amines) is 1. The monoisotopic (exact) mass is 296 g/mol. The molecule has 0 aromatic rings. The Bertz CT molecular complexity index is 387. The van der Waals surface area contributed by atoms with E-state index < -0.39 is 11.5 Å². The van der Waals surface area contributed by atoms with Crippen LogP contribution in [0.25, 0.3) is 0 Å². The highest BCUT2D eigenvalue weighted by molar-refractivity contribution is 5.86. The summed E-state index contributed by atoms with van der Waals surface area (Å²) in [6.45, 7) is 5.84. The number of aliphatic carboxylic acids is 1. The molecule has 1 aliphatic heterocycles. The molecule has 2 amide bonds. The van der Waals surface area contributed by atoms with Crippen LogP contribution in [0.2, 0.25) is 0 Å². The summed E-state index contributed by atoms with van der Waals surface area (Å²) in [4.78, 5) is 26.0. The maximum Gasteiger partial charge on any atom is 0.329 e. The summed E-state index contributed by atoms with van der Waals surface area (Å²) < 4.78 is 0. The van der Waals surface area contributed by atoms with Crippen molar-refractivity contribution in [2.24, 2.45) is 11.8 Å². The number of carbonyl (C=O) groups excluding carboxylic acids is 1. The Hall–Kier alpha value is -1.26. The molecule has 1 heterocycles. The van der Waals surface area contributed by atoms with E-state index >= 15 is 0 Å².